The van der Waals surface area contributed by atoms with Crippen molar-refractivity contribution in [2.75, 3.05) is 18.0 Å². The van der Waals surface area contributed by atoms with E-state index in [-0.39, 0.29) is 0 Å². The number of nitrogens with zero attached hydrogens (tertiary/aromatic N) is 1. The lowest BCUT2D eigenvalue weighted by Gasteiger charge is -2.27. The van der Waals surface area contributed by atoms with E-state index < -0.39 is 6.10 Å². The summed E-state index contributed by atoms with van der Waals surface area (Å²) in [5.41, 5.74) is 2.72. The highest BCUT2D eigenvalue weighted by Crippen LogP contribution is 2.33. The fourth-order valence-corrected chi connectivity index (χ4v) is 2.79. The first kappa shape index (κ1) is 13.4. The smallest absolute Gasteiger partial charge is 0.0781 e. The van der Waals surface area contributed by atoms with Crippen LogP contribution < -0.4 is 4.90 Å². The van der Waals surface area contributed by atoms with Gasteiger partial charge in [0.05, 0.1) is 6.10 Å². The summed E-state index contributed by atoms with van der Waals surface area (Å²) in [5.74, 6) is 0. The number of rotatable bonds is 2. The van der Waals surface area contributed by atoms with Crippen molar-refractivity contribution in [2.24, 2.45) is 5.41 Å². The number of benzene rings is 1. The van der Waals surface area contributed by atoms with Gasteiger partial charge in [-0.15, -0.1) is 0 Å². The Kier molecular flexibility index (Phi) is 3.96. The lowest BCUT2D eigenvalue weighted by Crippen LogP contribution is -2.26. The fraction of sp³-hybridized carbons (Fsp3) is 0.625. The molecule has 1 aliphatic heterocycles. The summed E-state index contributed by atoms with van der Waals surface area (Å²) < 4.78 is 0. The van der Waals surface area contributed by atoms with Gasteiger partial charge in [0.15, 0.2) is 0 Å². The van der Waals surface area contributed by atoms with Crippen LogP contribution in [0.4, 0.5) is 5.69 Å². The van der Waals surface area contributed by atoms with Crippen molar-refractivity contribution in [1.82, 2.24) is 0 Å². The van der Waals surface area contributed by atoms with Crippen LogP contribution in [0.3, 0.4) is 0 Å². The number of aliphatic hydroxyl groups is 1. The van der Waals surface area contributed by atoms with Crippen LogP contribution in [0.25, 0.3) is 0 Å². The van der Waals surface area contributed by atoms with Crippen LogP contribution in [0.15, 0.2) is 24.3 Å². The Balaban J connectivity index is 2.21. The van der Waals surface area contributed by atoms with Gasteiger partial charge in [0.25, 0.3) is 0 Å². The van der Waals surface area contributed by atoms with E-state index in [0.29, 0.717) is 5.41 Å². The second kappa shape index (κ2) is 5.31. The molecule has 1 N–H and O–H groups in total. The summed E-state index contributed by atoms with van der Waals surface area (Å²) in [6.07, 6.45) is 3.36. The molecule has 0 bridgehead atoms. The number of anilines is 1. The van der Waals surface area contributed by atoms with Crippen LogP contribution in [0, 0.1) is 5.41 Å². The predicted molar refractivity (Wildman–Crippen MR) is 76.9 cm³/mol. The number of aliphatic hydroxyl groups excluding tert-OH is 1. The molecule has 100 valence electrons. The third-order valence-electron chi connectivity index (χ3n) is 4.07. The molecular formula is C16H25NO. The molecule has 0 spiro atoms. The zero-order chi connectivity index (χ0) is 13.2. The van der Waals surface area contributed by atoms with Crippen LogP contribution >= 0.6 is 0 Å². The minimum absolute atomic E-state index is 0.391. The quantitative estimate of drug-likeness (QED) is 0.860. The molecule has 1 fully saturated rings. The monoisotopic (exact) mass is 247 g/mol. The SMILES string of the molecule is CC(O)c1ccccc1N1CCCC(C)(C)CC1. The van der Waals surface area contributed by atoms with Gasteiger partial charge in [-0.3, -0.25) is 0 Å². The van der Waals surface area contributed by atoms with Crippen molar-refractivity contribution in [3.63, 3.8) is 0 Å². The van der Waals surface area contributed by atoms with Gasteiger partial charge in [-0.05, 0) is 37.7 Å². The number of hydrogen-bond donors (Lipinski definition) is 1. The Morgan fingerprint density at radius 2 is 1.89 bits per heavy atom. The van der Waals surface area contributed by atoms with Gasteiger partial charge in [-0.1, -0.05) is 32.0 Å². The van der Waals surface area contributed by atoms with Crippen molar-refractivity contribution >= 4 is 5.69 Å². The molecule has 0 saturated carbocycles. The highest BCUT2D eigenvalue weighted by Gasteiger charge is 2.24. The normalized spacial score (nSPS) is 21.4. The van der Waals surface area contributed by atoms with Crippen molar-refractivity contribution < 1.29 is 5.11 Å². The van der Waals surface area contributed by atoms with E-state index in [9.17, 15) is 5.11 Å². The van der Waals surface area contributed by atoms with Crippen LogP contribution in [-0.2, 0) is 0 Å². The van der Waals surface area contributed by atoms with Crippen LogP contribution in [0.2, 0.25) is 0 Å². The highest BCUT2D eigenvalue weighted by molar-refractivity contribution is 5.54. The second-order valence-electron chi connectivity index (χ2n) is 6.24. The Hall–Kier alpha value is -1.02. The number of para-hydroxylation sites is 1. The van der Waals surface area contributed by atoms with Gasteiger partial charge in [0, 0.05) is 24.3 Å². The van der Waals surface area contributed by atoms with Crippen molar-refractivity contribution in [3.8, 4) is 0 Å². The summed E-state index contributed by atoms with van der Waals surface area (Å²) in [4.78, 5) is 2.44. The molecule has 1 atom stereocenters. The maximum atomic E-state index is 9.88. The molecule has 1 aliphatic rings. The molecule has 0 amide bonds. The maximum absolute atomic E-state index is 9.88. The molecule has 1 aromatic carbocycles. The summed E-state index contributed by atoms with van der Waals surface area (Å²) >= 11 is 0. The first-order chi connectivity index (χ1) is 8.49. The largest absolute Gasteiger partial charge is 0.389 e. The summed E-state index contributed by atoms with van der Waals surface area (Å²) in [7, 11) is 0. The summed E-state index contributed by atoms with van der Waals surface area (Å²) in [6.45, 7) is 8.76. The standard InChI is InChI=1S/C16H25NO/c1-13(18)14-7-4-5-8-15(14)17-11-6-9-16(2,3)10-12-17/h4-5,7-8,13,18H,6,9-12H2,1-3H3. The van der Waals surface area contributed by atoms with E-state index >= 15 is 0 Å². The molecule has 2 heteroatoms. The Morgan fingerprint density at radius 3 is 2.61 bits per heavy atom. The van der Waals surface area contributed by atoms with E-state index in [2.05, 4.69) is 30.9 Å². The van der Waals surface area contributed by atoms with Crippen LogP contribution in [0.5, 0.6) is 0 Å². The topological polar surface area (TPSA) is 23.5 Å². The molecule has 0 radical (unpaired) electrons. The minimum atomic E-state index is -0.391. The number of hydrogen-bond acceptors (Lipinski definition) is 2. The molecular weight excluding hydrogens is 222 g/mol. The van der Waals surface area contributed by atoms with Crippen molar-refractivity contribution in [3.05, 3.63) is 29.8 Å². The molecule has 1 saturated heterocycles. The lowest BCUT2D eigenvalue weighted by molar-refractivity contribution is 0.199. The Morgan fingerprint density at radius 1 is 1.17 bits per heavy atom. The van der Waals surface area contributed by atoms with Gasteiger partial charge < -0.3 is 10.0 Å². The van der Waals surface area contributed by atoms with Crippen LogP contribution in [0.1, 0.15) is 51.7 Å². The summed E-state index contributed by atoms with van der Waals surface area (Å²) in [6, 6.07) is 8.25. The zero-order valence-electron chi connectivity index (χ0n) is 11.8. The third kappa shape index (κ3) is 3.05. The van der Waals surface area contributed by atoms with E-state index in [1.165, 1.54) is 24.9 Å². The molecule has 2 nitrogen and oxygen atoms in total. The highest BCUT2D eigenvalue weighted by atomic mass is 16.3. The van der Waals surface area contributed by atoms with E-state index in [1.807, 2.05) is 19.1 Å². The van der Waals surface area contributed by atoms with Gasteiger partial charge in [0.2, 0.25) is 0 Å². The molecule has 0 aliphatic carbocycles. The van der Waals surface area contributed by atoms with E-state index in [4.69, 9.17) is 0 Å². The fourth-order valence-electron chi connectivity index (χ4n) is 2.79. The average Bonchev–Trinajstić information content (AvgIpc) is 2.50. The first-order valence-electron chi connectivity index (χ1n) is 7.01. The third-order valence-corrected chi connectivity index (χ3v) is 4.07. The zero-order valence-corrected chi connectivity index (χ0v) is 11.8. The van der Waals surface area contributed by atoms with Crippen LogP contribution in [-0.4, -0.2) is 18.2 Å². The lowest BCUT2D eigenvalue weighted by atomic mass is 9.85. The van der Waals surface area contributed by atoms with Gasteiger partial charge in [-0.2, -0.15) is 0 Å². The average molecular weight is 247 g/mol. The molecule has 2 rings (SSSR count). The predicted octanol–water partition coefficient (Wildman–Crippen LogP) is 3.76. The van der Waals surface area contributed by atoms with Crippen molar-refractivity contribution in [2.45, 2.75) is 46.1 Å². The minimum Gasteiger partial charge on any atom is -0.389 e. The second-order valence-corrected chi connectivity index (χ2v) is 6.24. The molecule has 1 unspecified atom stereocenters. The molecule has 0 aromatic heterocycles. The van der Waals surface area contributed by atoms with E-state index in [0.717, 1.165) is 18.7 Å². The summed E-state index contributed by atoms with van der Waals surface area (Å²) in [5, 5.41) is 9.88. The Bertz CT molecular complexity index is 398. The molecule has 18 heavy (non-hydrogen) atoms. The molecule has 1 heterocycles. The van der Waals surface area contributed by atoms with Gasteiger partial charge in [-0.25, -0.2) is 0 Å². The van der Waals surface area contributed by atoms with E-state index in [1.54, 1.807) is 0 Å². The maximum Gasteiger partial charge on any atom is 0.0781 e. The first-order valence-corrected chi connectivity index (χ1v) is 7.01. The molecule has 1 aromatic rings. The van der Waals surface area contributed by atoms with Crippen molar-refractivity contribution in [1.29, 1.82) is 0 Å². The Labute approximate surface area is 111 Å². The van der Waals surface area contributed by atoms with Gasteiger partial charge >= 0.3 is 0 Å². The van der Waals surface area contributed by atoms with Gasteiger partial charge in [0.1, 0.15) is 0 Å².